The first kappa shape index (κ1) is 24.5. The summed E-state index contributed by atoms with van der Waals surface area (Å²) >= 11 is 0. The van der Waals surface area contributed by atoms with Crippen LogP contribution in [0.5, 0.6) is 0 Å². The van der Waals surface area contributed by atoms with Gasteiger partial charge in [-0.05, 0) is 56.6 Å². The zero-order chi connectivity index (χ0) is 23.3. The Balaban J connectivity index is 1.45. The SMILES string of the molecule is CC[C@H](C)NC(=O)O[C@@H]1CC[C@H](C2CC(NC(=O)Cc3ccccc3S(C)(=O)=O)NN2)C1. The molecule has 0 aromatic heterocycles. The summed E-state index contributed by atoms with van der Waals surface area (Å²) in [5.74, 6) is 0.104. The second-order valence-corrected chi connectivity index (χ2v) is 10.8. The lowest BCUT2D eigenvalue weighted by Crippen LogP contribution is -2.45. The molecule has 0 radical (unpaired) electrons. The first-order chi connectivity index (χ1) is 15.2. The van der Waals surface area contributed by atoms with Crippen molar-refractivity contribution in [2.24, 2.45) is 5.92 Å². The number of amides is 2. The Kier molecular flexibility index (Phi) is 8.13. The summed E-state index contributed by atoms with van der Waals surface area (Å²) in [6, 6.07) is 6.81. The average Bonchev–Trinajstić information content (AvgIpc) is 3.36. The van der Waals surface area contributed by atoms with Crippen LogP contribution in [0.2, 0.25) is 0 Å². The lowest BCUT2D eigenvalue weighted by molar-refractivity contribution is -0.121. The number of nitrogens with one attached hydrogen (secondary N) is 4. The van der Waals surface area contributed by atoms with Gasteiger partial charge in [0.2, 0.25) is 5.91 Å². The molecule has 1 heterocycles. The number of hydrazine groups is 1. The van der Waals surface area contributed by atoms with Gasteiger partial charge in [-0.2, -0.15) is 0 Å². The van der Waals surface area contributed by atoms with E-state index in [0.29, 0.717) is 17.9 Å². The van der Waals surface area contributed by atoms with Crippen LogP contribution < -0.4 is 21.5 Å². The first-order valence-electron chi connectivity index (χ1n) is 11.2. The normalized spacial score (nSPS) is 26.5. The predicted molar refractivity (Wildman–Crippen MR) is 120 cm³/mol. The molecule has 0 spiro atoms. The topological polar surface area (TPSA) is 126 Å². The molecule has 178 valence electrons. The van der Waals surface area contributed by atoms with Crippen LogP contribution in [-0.2, 0) is 25.8 Å². The Hall–Kier alpha value is -2.17. The van der Waals surface area contributed by atoms with Gasteiger partial charge in [0, 0.05) is 18.3 Å². The third kappa shape index (κ3) is 6.66. The van der Waals surface area contributed by atoms with Crippen LogP contribution in [-0.4, -0.2) is 51.0 Å². The lowest BCUT2D eigenvalue weighted by Gasteiger charge is -2.19. The highest BCUT2D eigenvalue weighted by Crippen LogP contribution is 2.33. The Morgan fingerprint density at radius 2 is 1.94 bits per heavy atom. The Labute approximate surface area is 189 Å². The van der Waals surface area contributed by atoms with E-state index in [-0.39, 0.29) is 47.7 Å². The maximum atomic E-state index is 12.5. The van der Waals surface area contributed by atoms with E-state index in [0.717, 1.165) is 31.9 Å². The Morgan fingerprint density at radius 1 is 1.19 bits per heavy atom. The molecule has 4 N–H and O–H groups in total. The molecule has 5 atom stereocenters. The summed E-state index contributed by atoms with van der Waals surface area (Å²) in [5, 5.41) is 5.76. The van der Waals surface area contributed by atoms with E-state index < -0.39 is 9.84 Å². The van der Waals surface area contributed by atoms with Gasteiger partial charge in [0.15, 0.2) is 9.84 Å². The van der Waals surface area contributed by atoms with Crippen molar-refractivity contribution in [3.63, 3.8) is 0 Å². The quantitative estimate of drug-likeness (QED) is 0.459. The number of benzene rings is 1. The summed E-state index contributed by atoms with van der Waals surface area (Å²) in [7, 11) is -3.40. The highest BCUT2D eigenvalue weighted by atomic mass is 32.2. The standard InChI is InChI=1S/C22H34N4O5S/c1-4-14(2)23-22(28)31-17-10-9-15(11-17)18-13-20(26-25-18)24-21(27)12-16-7-5-6-8-19(16)32(3,29)30/h5-8,14-15,17-18,20,25-26H,4,9-13H2,1-3H3,(H,23,28)(H,24,27)/t14-,15-,17+,18?,20?/m0/s1. The van der Waals surface area contributed by atoms with Crippen LogP contribution in [0.4, 0.5) is 4.79 Å². The molecule has 3 rings (SSSR count). The van der Waals surface area contributed by atoms with Crippen molar-refractivity contribution in [1.29, 1.82) is 0 Å². The van der Waals surface area contributed by atoms with Crippen LogP contribution >= 0.6 is 0 Å². The second-order valence-electron chi connectivity index (χ2n) is 8.86. The van der Waals surface area contributed by atoms with Gasteiger partial charge in [0.1, 0.15) is 6.10 Å². The largest absolute Gasteiger partial charge is 0.446 e. The molecule has 0 bridgehead atoms. The minimum Gasteiger partial charge on any atom is -0.446 e. The van der Waals surface area contributed by atoms with E-state index in [1.54, 1.807) is 18.2 Å². The first-order valence-corrected chi connectivity index (χ1v) is 13.1. The number of alkyl carbamates (subject to hydrolysis) is 1. The zero-order valence-corrected chi connectivity index (χ0v) is 19.7. The molecule has 10 heteroatoms. The van der Waals surface area contributed by atoms with E-state index in [9.17, 15) is 18.0 Å². The number of rotatable bonds is 8. The molecule has 1 aromatic rings. The van der Waals surface area contributed by atoms with Gasteiger partial charge in [-0.15, -0.1) is 0 Å². The van der Waals surface area contributed by atoms with Crippen molar-refractivity contribution in [3.8, 4) is 0 Å². The number of ether oxygens (including phenoxy) is 1. The molecule has 2 amide bonds. The second kappa shape index (κ2) is 10.6. The van der Waals surface area contributed by atoms with E-state index in [2.05, 4.69) is 21.5 Å². The zero-order valence-electron chi connectivity index (χ0n) is 18.9. The molecular formula is C22H34N4O5S. The summed E-state index contributed by atoms with van der Waals surface area (Å²) in [4.78, 5) is 24.7. The highest BCUT2D eigenvalue weighted by molar-refractivity contribution is 7.90. The van der Waals surface area contributed by atoms with Gasteiger partial charge >= 0.3 is 6.09 Å². The van der Waals surface area contributed by atoms with E-state index >= 15 is 0 Å². The third-order valence-corrected chi connectivity index (χ3v) is 7.43. The smallest absolute Gasteiger partial charge is 0.407 e. The van der Waals surface area contributed by atoms with Crippen LogP contribution in [0.25, 0.3) is 0 Å². The van der Waals surface area contributed by atoms with Gasteiger partial charge in [-0.3, -0.25) is 10.2 Å². The molecular weight excluding hydrogens is 432 g/mol. The predicted octanol–water partition coefficient (Wildman–Crippen LogP) is 1.63. The van der Waals surface area contributed by atoms with E-state index in [1.807, 2.05) is 13.8 Å². The van der Waals surface area contributed by atoms with Crippen molar-refractivity contribution >= 4 is 21.8 Å². The van der Waals surface area contributed by atoms with Crippen LogP contribution in [0, 0.1) is 5.92 Å². The van der Waals surface area contributed by atoms with Crippen molar-refractivity contribution in [2.45, 2.75) is 81.6 Å². The Morgan fingerprint density at radius 3 is 2.66 bits per heavy atom. The summed E-state index contributed by atoms with van der Waals surface area (Å²) < 4.78 is 29.4. The average molecular weight is 467 g/mol. The number of hydrogen-bond donors (Lipinski definition) is 4. The third-order valence-electron chi connectivity index (χ3n) is 6.24. The molecule has 1 saturated heterocycles. The highest BCUT2D eigenvalue weighted by Gasteiger charge is 2.37. The van der Waals surface area contributed by atoms with Crippen LogP contribution in [0.1, 0.15) is 51.5 Å². The molecule has 1 aliphatic heterocycles. The maximum Gasteiger partial charge on any atom is 0.407 e. The minimum atomic E-state index is -3.40. The number of carbonyl (C=O) groups is 2. The fourth-order valence-corrected chi connectivity index (χ4v) is 5.29. The number of hydrogen-bond acceptors (Lipinski definition) is 7. The summed E-state index contributed by atoms with van der Waals surface area (Å²) in [5.41, 5.74) is 6.85. The fraction of sp³-hybridized carbons (Fsp3) is 0.636. The molecule has 2 fully saturated rings. The summed E-state index contributed by atoms with van der Waals surface area (Å²) in [6.07, 6.45) is 4.57. The van der Waals surface area contributed by atoms with Gasteiger partial charge in [0.05, 0.1) is 17.5 Å². The van der Waals surface area contributed by atoms with Gasteiger partial charge in [-0.1, -0.05) is 25.1 Å². The monoisotopic (exact) mass is 466 g/mol. The molecule has 2 aliphatic rings. The van der Waals surface area contributed by atoms with Crippen molar-refractivity contribution in [1.82, 2.24) is 21.5 Å². The van der Waals surface area contributed by atoms with Crippen LogP contribution in [0.3, 0.4) is 0 Å². The van der Waals surface area contributed by atoms with E-state index in [4.69, 9.17) is 4.74 Å². The molecule has 1 aliphatic carbocycles. The number of carbonyl (C=O) groups excluding carboxylic acids is 2. The van der Waals surface area contributed by atoms with Crippen molar-refractivity contribution in [2.75, 3.05) is 6.26 Å². The molecule has 1 saturated carbocycles. The maximum absolute atomic E-state index is 12.5. The van der Waals surface area contributed by atoms with Crippen molar-refractivity contribution < 1.29 is 22.7 Å². The van der Waals surface area contributed by atoms with Gasteiger partial charge in [-0.25, -0.2) is 18.6 Å². The van der Waals surface area contributed by atoms with Gasteiger partial charge < -0.3 is 15.4 Å². The number of sulfone groups is 1. The molecule has 32 heavy (non-hydrogen) atoms. The summed E-state index contributed by atoms with van der Waals surface area (Å²) in [6.45, 7) is 3.95. The lowest BCUT2D eigenvalue weighted by atomic mass is 9.96. The van der Waals surface area contributed by atoms with E-state index in [1.165, 1.54) is 6.07 Å². The van der Waals surface area contributed by atoms with Crippen LogP contribution in [0.15, 0.2) is 29.2 Å². The molecule has 9 nitrogen and oxygen atoms in total. The Bertz CT molecular complexity index is 923. The fourth-order valence-electron chi connectivity index (χ4n) is 4.35. The van der Waals surface area contributed by atoms with Gasteiger partial charge in [0.25, 0.3) is 0 Å². The molecule has 2 unspecified atom stereocenters. The minimum absolute atomic E-state index is 0.00325. The van der Waals surface area contributed by atoms with Crippen molar-refractivity contribution in [3.05, 3.63) is 29.8 Å². The molecule has 1 aromatic carbocycles.